The van der Waals surface area contributed by atoms with Gasteiger partial charge >= 0.3 is 0 Å². The lowest BCUT2D eigenvalue weighted by Gasteiger charge is -2.27. The van der Waals surface area contributed by atoms with Crippen LogP contribution in [0.4, 0.5) is 0 Å². The van der Waals surface area contributed by atoms with Gasteiger partial charge < -0.3 is 14.6 Å². The number of rotatable bonds is 6. The van der Waals surface area contributed by atoms with E-state index in [0.717, 1.165) is 19.7 Å². The van der Waals surface area contributed by atoms with Crippen molar-refractivity contribution in [2.75, 3.05) is 6.61 Å². The highest BCUT2D eigenvalue weighted by Gasteiger charge is 2.20. The summed E-state index contributed by atoms with van der Waals surface area (Å²) in [4.78, 5) is 4.23. The van der Waals surface area contributed by atoms with Gasteiger partial charge in [0.25, 0.3) is 0 Å². The molecule has 0 amide bonds. The first kappa shape index (κ1) is 15.2. The quantitative estimate of drug-likeness (QED) is 0.847. The lowest BCUT2D eigenvalue weighted by atomic mass is 10.1. The Labute approximate surface area is 111 Å². The molecule has 4 nitrogen and oxygen atoms in total. The minimum Gasteiger partial charge on any atom is -0.374 e. The van der Waals surface area contributed by atoms with Crippen molar-refractivity contribution in [3.63, 3.8) is 0 Å². The SMILES string of the molecule is CCOC(C)(C)Cn1cncc1CNC(C)(C)C. The fourth-order valence-corrected chi connectivity index (χ4v) is 1.84. The van der Waals surface area contributed by atoms with Crippen LogP contribution in [0.2, 0.25) is 0 Å². The van der Waals surface area contributed by atoms with Gasteiger partial charge in [0.2, 0.25) is 0 Å². The summed E-state index contributed by atoms with van der Waals surface area (Å²) in [5, 5.41) is 3.48. The topological polar surface area (TPSA) is 39.1 Å². The number of imidazole rings is 1. The highest BCUT2D eigenvalue weighted by Crippen LogP contribution is 2.14. The first-order valence-corrected chi connectivity index (χ1v) is 6.61. The summed E-state index contributed by atoms with van der Waals surface area (Å²) >= 11 is 0. The summed E-state index contributed by atoms with van der Waals surface area (Å²) in [5.41, 5.74) is 1.15. The molecular formula is C14H27N3O. The van der Waals surface area contributed by atoms with Crippen molar-refractivity contribution in [3.05, 3.63) is 18.2 Å². The molecule has 1 aromatic heterocycles. The predicted octanol–water partition coefficient (Wildman–Crippen LogP) is 2.59. The molecule has 18 heavy (non-hydrogen) atoms. The highest BCUT2D eigenvalue weighted by atomic mass is 16.5. The maximum atomic E-state index is 5.73. The second-order valence-electron chi connectivity index (χ2n) is 6.31. The molecular weight excluding hydrogens is 226 g/mol. The molecule has 1 rings (SSSR count). The molecule has 1 heterocycles. The van der Waals surface area contributed by atoms with E-state index in [1.54, 1.807) is 0 Å². The Morgan fingerprint density at radius 1 is 1.28 bits per heavy atom. The van der Waals surface area contributed by atoms with Crippen LogP contribution >= 0.6 is 0 Å². The first-order valence-electron chi connectivity index (χ1n) is 6.61. The largest absolute Gasteiger partial charge is 0.374 e. The van der Waals surface area contributed by atoms with Gasteiger partial charge in [-0.3, -0.25) is 0 Å². The van der Waals surface area contributed by atoms with Crippen LogP contribution in [-0.2, 0) is 17.8 Å². The Hall–Kier alpha value is -0.870. The Bertz CT molecular complexity index is 363. The van der Waals surface area contributed by atoms with Gasteiger partial charge in [-0.1, -0.05) is 0 Å². The summed E-state index contributed by atoms with van der Waals surface area (Å²) in [6, 6.07) is 0. The van der Waals surface area contributed by atoms with Crippen molar-refractivity contribution in [1.29, 1.82) is 0 Å². The van der Waals surface area contributed by atoms with E-state index in [1.165, 1.54) is 5.69 Å². The van der Waals surface area contributed by atoms with Crippen LogP contribution in [0.15, 0.2) is 12.5 Å². The number of aromatic nitrogens is 2. The molecule has 0 aliphatic carbocycles. The van der Waals surface area contributed by atoms with Gasteiger partial charge in [0.05, 0.1) is 24.2 Å². The molecule has 0 bridgehead atoms. The van der Waals surface area contributed by atoms with Crippen molar-refractivity contribution >= 4 is 0 Å². The molecule has 0 aliphatic rings. The maximum Gasteiger partial charge on any atom is 0.0949 e. The van der Waals surface area contributed by atoms with Crippen molar-refractivity contribution in [1.82, 2.24) is 14.9 Å². The Morgan fingerprint density at radius 2 is 1.94 bits per heavy atom. The maximum absolute atomic E-state index is 5.73. The number of nitrogens with one attached hydrogen (secondary N) is 1. The third-order valence-electron chi connectivity index (χ3n) is 2.68. The van der Waals surface area contributed by atoms with E-state index in [-0.39, 0.29) is 11.1 Å². The van der Waals surface area contributed by atoms with Gasteiger partial charge in [-0.15, -0.1) is 0 Å². The molecule has 0 radical (unpaired) electrons. The molecule has 1 N–H and O–H groups in total. The Balaban J connectivity index is 2.65. The van der Waals surface area contributed by atoms with Crippen LogP contribution in [0, 0.1) is 0 Å². The van der Waals surface area contributed by atoms with E-state index in [2.05, 4.69) is 49.5 Å². The first-order chi connectivity index (χ1) is 8.23. The van der Waals surface area contributed by atoms with Gasteiger partial charge in [0.15, 0.2) is 0 Å². The summed E-state index contributed by atoms with van der Waals surface area (Å²) in [6.45, 7) is 15.1. The van der Waals surface area contributed by atoms with Crippen molar-refractivity contribution in [2.45, 2.75) is 65.8 Å². The van der Waals surface area contributed by atoms with E-state index in [4.69, 9.17) is 4.74 Å². The second kappa shape index (κ2) is 5.85. The van der Waals surface area contributed by atoms with Gasteiger partial charge in [0.1, 0.15) is 0 Å². The van der Waals surface area contributed by atoms with Crippen molar-refractivity contribution < 1.29 is 4.74 Å². The summed E-state index contributed by atoms with van der Waals surface area (Å²) in [7, 11) is 0. The van der Waals surface area contributed by atoms with E-state index in [1.807, 2.05) is 19.4 Å². The molecule has 0 fully saturated rings. The highest BCUT2D eigenvalue weighted by molar-refractivity contribution is 5.00. The summed E-state index contributed by atoms with van der Waals surface area (Å²) in [6.07, 6.45) is 3.79. The molecule has 0 saturated carbocycles. The van der Waals surface area contributed by atoms with Crippen molar-refractivity contribution in [2.24, 2.45) is 0 Å². The zero-order valence-electron chi connectivity index (χ0n) is 12.6. The number of hydrogen-bond donors (Lipinski definition) is 1. The molecule has 1 aromatic rings. The van der Waals surface area contributed by atoms with E-state index >= 15 is 0 Å². The third-order valence-corrected chi connectivity index (χ3v) is 2.68. The molecule has 104 valence electrons. The molecule has 0 aromatic carbocycles. The van der Waals surface area contributed by atoms with Crippen LogP contribution in [0.3, 0.4) is 0 Å². The molecule has 0 spiro atoms. The second-order valence-corrected chi connectivity index (χ2v) is 6.31. The van der Waals surface area contributed by atoms with Crippen LogP contribution in [0.1, 0.15) is 47.2 Å². The van der Waals surface area contributed by atoms with Crippen LogP contribution in [0.25, 0.3) is 0 Å². The molecule has 0 atom stereocenters. The van der Waals surface area contributed by atoms with Gasteiger partial charge in [0, 0.05) is 24.9 Å². The lowest BCUT2D eigenvalue weighted by Crippen LogP contribution is -2.36. The van der Waals surface area contributed by atoms with E-state index in [9.17, 15) is 0 Å². The monoisotopic (exact) mass is 253 g/mol. The van der Waals surface area contributed by atoms with E-state index < -0.39 is 0 Å². The van der Waals surface area contributed by atoms with Crippen LogP contribution in [0.5, 0.6) is 0 Å². The summed E-state index contributed by atoms with van der Waals surface area (Å²) < 4.78 is 7.90. The minimum atomic E-state index is -0.161. The average molecular weight is 253 g/mol. The normalized spacial score (nSPS) is 13.0. The fourth-order valence-electron chi connectivity index (χ4n) is 1.84. The van der Waals surface area contributed by atoms with Gasteiger partial charge in [-0.2, -0.15) is 0 Å². The third kappa shape index (κ3) is 5.19. The Morgan fingerprint density at radius 3 is 2.50 bits per heavy atom. The van der Waals surface area contributed by atoms with Gasteiger partial charge in [-0.25, -0.2) is 4.98 Å². The number of ether oxygens (including phenoxy) is 1. The smallest absolute Gasteiger partial charge is 0.0949 e. The number of hydrogen-bond acceptors (Lipinski definition) is 3. The zero-order chi connectivity index (χ0) is 13.8. The molecule has 0 saturated heterocycles. The predicted molar refractivity (Wildman–Crippen MR) is 74.5 cm³/mol. The Kier molecular flexibility index (Phi) is 4.93. The fraction of sp³-hybridized carbons (Fsp3) is 0.786. The van der Waals surface area contributed by atoms with Crippen molar-refractivity contribution in [3.8, 4) is 0 Å². The van der Waals surface area contributed by atoms with Gasteiger partial charge in [-0.05, 0) is 41.5 Å². The molecule has 0 unspecified atom stereocenters. The van der Waals surface area contributed by atoms with Crippen LogP contribution in [-0.4, -0.2) is 27.3 Å². The van der Waals surface area contributed by atoms with E-state index in [0.29, 0.717) is 0 Å². The molecule has 4 heteroatoms. The summed E-state index contributed by atoms with van der Waals surface area (Å²) in [5.74, 6) is 0. The standard InChI is InChI=1S/C14H27N3O/c1-7-18-14(5,6)10-17-11-15-8-12(17)9-16-13(2,3)4/h8,11,16H,7,9-10H2,1-6H3. The molecule has 0 aliphatic heterocycles. The van der Waals surface area contributed by atoms with Crippen LogP contribution < -0.4 is 5.32 Å². The minimum absolute atomic E-state index is 0.116. The lowest BCUT2D eigenvalue weighted by molar-refractivity contribution is -0.0229. The number of nitrogens with zero attached hydrogens (tertiary/aromatic N) is 2. The average Bonchev–Trinajstić information content (AvgIpc) is 2.60. The zero-order valence-corrected chi connectivity index (χ0v) is 12.6.